The SMILES string of the molecule is CCCN1CC(Oc2ccc(C(=O)c3c(-c4ccc(O)cc4)sc4cc(O)ccc34)cc2)C1.O=C(O)C(F)(F)F. The normalized spacial score (nSPS) is 13.8. The van der Waals surface area contributed by atoms with E-state index in [1.54, 1.807) is 42.5 Å². The number of ketones is 1. The Hall–Kier alpha value is -4.09. The van der Waals surface area contributed by atoms with Crippen LogP contribution in [0, 0.1) is 0 Å². The molecule has 1 saturated heterocycles. The van der Waals surface area contributed by atoms with E-state index in [9.17, 15) is 28.2 Å². The summed E-state index contributed by atoms with van der Waals surface area (Å²) in [6.07, 6.45) is -3.74. The van der Waals surface area contributed by atoms with Gasteiger partial charge in [0.25, 0.3) is 0 Å². The van der Waals surface area contributed by atoms with Gasteiger partial charge in [-0.05, 0) is 85.3 Å². The number of carbonyl (C=O) groups excluding carboxylic acids is 1. The van der Waals surface area contributed by atoms with Crippen molar-refractivity contribution in [2.45, 2.75) is 25.6 Å². The summed E-state index contributed by atoms with van der Waals surface area (Å²) in [5.74, 6) is -1.74. The highest BCUT2D eigenvalue weighted by Gasteiger charge is 2.38. The number of hydrogen-bond donors (Lipinski definition) is 3. The lowest BCUT2D eigenvalue weighted by Gasteiger charge is -2.38. The molecule has 4 aromatic rings. The van der Waals surface area contributed by atoms with Gasteiger partial charge >= 0.3 is 12.1 Å². The van der Waals surface area contributed by atoms with Gasteiger partial charge in [-0.1, -0.05) is 6.92 Å². The molecule has 0 bridgehead atoms. The molecule has 0 aliphatic carbocycles. The van der Waals surface area contributed by atoms with Gasteiger partial charge in [0.15, 0.2) is 5.78 Å². The summed E-state index contributed by atoms with van der Waals surface area (Å²) in [7, 11) is 0. The molecule has 1 aromatic heterocycles. The van der Waals surface area contributed by atoms with Crippen LogP contribution >= 0.6 is 11.3 Å². The number of aliphatic carboxylic acids is 1. The minimum atomic E-state index is -5.08. The van der Waals surface area contributed by atoms with Crippen molar-refractivity contribution in [2.24, 2.45) is 0 Å². The molecule has 1 aliphatic heterocycles. The average Bonchev–Trinajstić information content (AvgIpc) is 3.26. The van der Waals surface area contributed by atoms with Crippen LogP contribution in [0.4, 0.5) is 13.2 Å². The van der Waals surface area contributed by atoms with Crippen LogP contribution in [0.3, 0.4) is 0 Å². The van der Waals surface area contributed by atoms with E-state index in [0.29, 0.717) is 11.1 Å². The molecule has 0 amide bonds. The van der Waals surface area contributed by atoms with Gasteiger partial charge in [-0.25, -0.2) is 4.79 Å². The molecule has 2 heterocycles. The first-order valence-corrected chi connectivity index (χ1v) is 13.2. The number of rotatable bonds is 7. The van der Waals surface area contributed by atoms with Gasteiger partial charge in [-0.15, -0.1) is 11.3 Å². The van der Waals surface area contributed by atoms with E-state index >= 15 is 0 Å². The summed E-state index contributed by atoms with van der Waals surface area (Å²) in [5, 5.41) is 27.5. The number of phenols is 2. The van der Waals surface area contributed by atoms with E-state index in [-0.39, 0.29) is 23.4 Å². The summed E-state index contributed by atoms with van der Waals surface area (Å²) in [6, 6.07) is 19.2. The Morgan fingerprint density at radius 3 is 2.15 bits per heavy atom. The zero-order valence-corrected chi connectivity index (χ0v) is 22.1. The van der Waals surface area contributed by atoms with Crippen LogP contribution in [0.5, 0.6) is 17.2 Å². The number of aromatic hydroxyl groups is 2. The molecule has 5 rings (SSSR count). The predicted octanol–water partition coefficient (Wildman–Crippen LogP) is 6.32. The average molecular weight is 574 g/mol. The number of carboxylic acid groups (broad SMARTS) is 1. The third kappa shape index (κ3) is 6.72. The van der Waals surface area contributed by atoms with Crippen molar-refractivity contribution >= 4 is 33.2 Å². The fourth-order valence-electron chi connectivity index (χ4n) is 4.24. The van der Waals surface area contributed by atoms with Gasteiger partial charge < -0.3 is 20.1 Å². The second kappa shape index (κ2) is 12.0. The Morgan fingerprint density at radius 1 is 0.975 bits per heavy atom. The fraction of sp³-hybridized carbons (Fsp3) is 0.241. The molecular formula is C29H26F3NO6S. The Bertz CT molecular complexity index is 1490. The third-order valence-corrected chi connectivity index (χ3v) is 7.36. The van der Waals surface area contributed by atoms with Crippen molar-refractivity contribution in [2.75, 3.05) is 19.6 Å². The van der Waals surface area contributed by atoms with E-state index in [0.717, 1.165) is 52.3 Å². The lowest BCUT2D eigenvalue weighted by Crippen LogP contribution is -2.53. The fourth-order valence-corrected chi connectivity index (χ4v) is 5.48. The molecule has 0 saturated carbocycles. The summed E-state index contributed by atoms with van der Waals surface area (Å²) in [5.41, 5.74) is 2.03. The summed E-state index contributed by atoms with van der Waals surface area (Å²) >= 11 is 1.45. The molecule has 40 heavy (non-hydrogen) atoms. The quantitative estimate of drug-likeness (QED) is 0.222. The van der Waals surface area contributed by atoms with Crippen LogP contribution in [-0.2, 0) is 4.79 Å². The van der Waals surface area contributed by atoms with Crippen molar-refractivity contribution in [1.29, 1.82) is 0 Å². The Morgan fingerprint density at radius 2 is 1.57 bits per heavy atom. The first-order chi connectivity index (χ1) is 19.0. The van der Waals surface area contributed by atoms with Gasteiger partial charge in [0.05, 0.1) is 0 Å². The molecular weight excluding hydrogens is 547 g/mol. The molecule has 0 radical (unpaired) electrons. The number of alkyl halides is 3. The number of benzene rings is 3. The van der Waals surface area contributed by atoms with Crippen LogP contribution in [0.15, 0.2) is 66.7 Å². The lowest BCUT2D eigenvalue weighted by molar-refractivity contribution is -0.192. The lowest BCUT2D eigenvalue weighted by atomic mass is 9.97. The Labute approximate surface area is 231 Å². The highest BCUT2D eigenvalue weighted by atomic mass is 32.1. The third-order valence-electron chi connectivity index (χ3n) is 6.16. The molecule has 210 valence electrons. The zero-order valence-electron chi connectivity index (χ0n) is 21.3. The number of phenolic OH excluding ortho intramolecular Hbond substituents is 2. The second-order valence-corrected chi connectivity index (χ2v) is 10.2. The topological polar surface area (TPSA) is 107 Å². The van der Waals surface area contributed by atoms with Crippen molar-refractivity contribution in [3.05, 3.63) is 77.9 Å². The predicted molar refractivity (Wildman–Crippen MR) is 145 cm³/mol. The largest absolute Gasteiger partial charge is 0.508 e. The maximum atomic E-state index is 13.6. The molecule has 0 unspecified atom stereocenters. The van der Waals surface area contributed by atoms with E-state index in [1.165, 1.54) is 11.3 Å². The molecule has 3 aromatic carbocycles. The number of carboxylic acids is 1. The zero-order chi connectivity index (χ0) is 29.0. The minimum Gasteiger partial charge on any atom is -0.508 e. The molecule has 11 heteroatoms. The van der Waals surface area contributed by atoms with Crippen molar-refractivity contribution in [3.63, 3.8) is 0 Å². The highest BCUT2D eigenvalue weighted by molar-refractivity contribution is 7.22. The second-order valence-electron chi connectivity index (χ2n) is 9.19. The van der Waals surface area contributed by atoms with E-state index in [2.05, 4.69) is 11.8 Å². The van der Waals surface area contributed by atoms with E-state index in [1.807, 2.05) is 24.3 Å². The first-order valence-electron chi connectivity index (χ1n) is 12.3. The monoisotopic (exact) mass is 573 g/mol. The number of likely N-dealkylation sites (tertiary alicyclic amines) is 1. The maximum Gasteiger partial charge on any atom is 0.490 e. The molecule has 1 fully saturated rings. The standard InChI is InChI=1S/C27H25NO4S.C2HF3O2/c1-2-13-28-15-22(16-28)32-21-10-5-17(6-11-21)26(31)25-23-12-9-20(30)14-24(23)33-27(25)18-3-7-19(29)8-4-18;3-2(4,5)1(6)7/h3-12,14,22,29-30H,2,13,15-16H2,1H3;(H,6,7). The summed E-state index contributed by atoms with van der Waals surface area (Å²) < 4.78 is 38.6. The number of carbonyl (C=O) groups is 2. The highest BCUT2D eigenvalue weighted by Crippen LogP contribution is 2.41. The molecule has 3 N–H and O–H groups in total. The number of nitrogens with zero attached hydrogens (tertiary/aromatic N) is 1. The van der Waals surface area contributed by atoms with Gasteiger partial charge in [0.1, 0.15) is 23.4 Å². The van der Waals surface area contributed by atoms with Crippen LogP contribution in [0.2, 0.25) is 0 Å². The summed E-state index contributed by atoms with van der Waals surface area (Å²) in [6.45, 7) is 5.16. The van der Waals surface area contributed by atoms with Gasteiger partial charge in [-0.3, -0.25) is 9.69 Å². The molecule has 7 nitrogen and oxygen atoms in total. The first kappa shape index (κ1) is 28.9. The molecule has 1 aliphatic rings. The minimum absolute atomic E-state index is 0.0840. The number of ether oxygens (including phenoxy) is 1. The number of fused-ring (bicyclic) bond motifs is 1. The Balaban J connectivity index is 0.000000470. The van der Waals surface area contributed by atoms with Crippen LogP contribution in [-0.4, -0.2) is 63.9 Å². The van der Waals surface area contributed by atoms with Crippen molar-refractivity contribution in [3.8, 4) is 27.7 Å². The van der Waals surface area contributed by atoms with Crippen LogP contribution in [0.25, 0.3) is 20.5 Å². The number of hydrogen-bond acceptors (Lipinski definition) is 7. The van der Waals surface area contributed by atoms with Crippen molar-refractivity contribution in [1.82, 2.24) is 4.90 Å². The van der Waals surface area contributed by atoms with Crippen LogP contribution in [0.1, 0.15) is 29.3 Å². The number of halogens is 3. The smallest absolute Gasteiger partial charge is 0.490 e. The van der Waals surface area contributed by atoms with Gasteiger partial charge in [0, 0.05) is 39.2 Å². The molecule has 0 atom stereocenters. The Kier molecular flexibility index (Phi) is 8.65. The number of thiophene rings is 1. The van der Waals surface area contributed by atoms with Gasteiger partial charge in [0.2, 0.25) is 0 Å². The van der Waals surface area contributed by atoms with Gasteiger partial charge in [-0.2, -0.15) is 13.2 Å². The van der Waals surface area contributed by atoms with E-state index in [4.69, 9.17) is 14.6 Å². The van der Waals surface area contributed by atoms with Crippen molar-refractivity contribution < 1.29 is 42.8 Å². The maximum absolute atomic E-state index is 13.6. The van der Waals surface area contributed by atoms with Crippen LogP contribution < -0.4 is 4.74 Å². The van der Waals surface area contributed by atoms with E-state index < -0.39 is 12.1 Å². The molecule has 0 spiro atoms. The summed E-state index contributed by atoms with van der Waals surface area (Å²) in [4.78, 5) is 25.7.